The van der Waals surface area contributed by atoms with Crippen LogP contribution in [0.25, 0.3) is 0 Å². The van der Waals surface area contributed by atoms with Crippen LogP contribution in [0.3, 0.4) is 0 Å². The van der Waals surface area contributed by atoms with Crippen LogP contribution in [0.15, 0.2) is 17.2 Å². The normalized spacial score (nSPS) is 21.7. The SMILES string of the molecule is CCC1CNCCN1c1cc(=O)[nH]cn1. The first-order chi connectivity index (χ1) is 7.31. The van der Waals surface area contributed by atoms with Crippen molar-refractivity contribution in [2.24, 2.45) is 0 Å². The van der Waals surface area contributed by atoms with E-state index in [0.29, 0.717) is 6.04 Å². The third-order valence-electron chi connectivity index (χ3n) is 2.78. The molecule has 1 saturated heterocycles. The van der Waals surface area contributed by atoms with Crippen LogP contribution in [0.4, 0.5) is 5.82 Å². The molecule has 1 aromatic heterocycles. The molecule has 0 aliphatic carbocycles. The van der Waals surface area contributed by atoms with Crippen molar-refractivity contribution in [3.63, 3.8) is 0 Å². The number of hydrogen-bond donors (Lipinski definition) is 2. The van der Waals surface area contributed by atoms with Crippen LogP contribution >= 0.6 is 0 Å². The number of hydrogen-bond acceptors (Lipinski definition) is 4. The molecule has 0 saturated carbocycles. The monoisotopic (exact) mass is 208 g/mol. The Morgan fingerprint density at radius 2 is 2.53 bits per heavy atom. The maximum Gasteiger partial charge on any atom is 0.252 e. The lowest BCUT2D eigenvalue weighted by Crippen LogP contribution is -2.51. The molecule has 15 heavy (non-hydrogen) atoms. The van der Waals surface area contributed by atoms with Crippen LogP contribution in [0, 0.1) is 0 Å². The van der Waals surface area contributed by atoms with Gasteiger partial charge in [0.05, 0.1) is 6.33 Å². The van der Waals surface area contributed by atoms with Crippen LogP contribution in [0.1, 0.15) is 13.3 Å². The molecule has 5 heteroatoms. The fourth-order valence-electron chi connectivity index (χ4n) is 1.94. The van der Waals surface area contributed by atoms with Crippen molar-refractivity contribution in [3.05, 3.63) is 22.7 Å². The molecule has 0 bridgehead atoms. The second-order valence-electron chi connectivity index (χ2n) is 3.73. The van der Waals surface area contributed by atoms with Crippen LogP contribution in [-0.4, -0.2) is 35.6 Å². The van der Waals surface area contributed by atoms with E-state index in [9.17, 15) is 4.79 Å². The summed E-state index contributed by atoms with van der Waals surface area (Å²) in [6, 6.07) is 2.00. The standard InChI is InChI=1S/C10H16N4O/c1-2-8-6-11-3-4-14(8)9-5-10(15)13-7-12-9/h5,7-8,11H,2-4,6H2,1H3,(H,12,13,15). The maximum atomic E-state index is 11.2. The molecule has 0 amide bonds. The second kappa shape index (κ2) is 4.44. The Labute approximate surface area is 88.5 Å². The van der Waals surface area contributed by atoms with Crippen LogP contribution in [0.5, 0.6) is 0 Å². The van der Waals surface area contributed by atoms with Crippen molar-refractivity contribution >= 4 is 5.82 Å². The summed E-state index contributed by atoms with van der Waals surface area (Å²) < 4.78 is 0. The lowest BCUT2D eigenvalue weighted by atomic mass is 10.1. The molecule has 1 aliphatic rings. The first-order valence-electron chi connectivity index (χ1n) is 5.33. The minimum absolute atomic E-state index is 0.0895. The third kappa shape index (κ3) is 2.18. The van der Waals surface area contributed by atoms with Gasteiger partial charge >= 0.3 is 0 Å². The Bertz CT molecular complexity index is 376. The van der Waals surface area contributed by atoms with Crippen LogP contribution in [0.2, 0.25) is 0 Å². The van der Waals surface area contributed by atoms with E-state index in [2.05, 4.69) is 27.1 Å². The van der Waals surface area contributed by atoms with Gasteiger partial charge in [-0.3, -0.25) is 4.79 Å². The minimum atomic E-state index is -0.0895. The van der Waals surface area contributed by atoms with E-state index < -0.39 is 0 Å². The Morgan fingerprint density at radius 3 is 3.27 bits per heavy atom. The Morgan fingerprint density at radius 1 is 1.67 bits per heavy atom. The molecule has 1 atom stereocenters. The van der Waals surface area contributed by atoms with Gasteiger partial charge in [0, 0.05) is 31.7 Å². The number of aromatic nitrogens is 2. The van der Waals surface area contributed by atoms with Crippen LogP contribution in [-0.2, 0) is 0 Å². The maximum absolute atomic E-state index is 11.2. The van der Waals surface area contributed by atoms with E-state index in [4.69, 9.17) is 0 Å². The summed E-state index contributed by atoms with van der Waals surface area (Å²) in [5, 5.41) is 3.34. The van der Waals surface area contributed by atoms with E-state index in [-0.39, 0.29) is 5.56 Å². The van der Waals surface area contributed by atoms with Gasteiger partial charge in [0.1, 0.15) is 5.82 Å². The van der Waals surface area contributed by atoms with Gasteiger partial charge in [0.25, 0.3) is 5.56 Å². The molecule has 1 aliphatic heterocycles. The number of H-pyrrole nitrogens is 1. The fraction of sp³-hybridized carbons (Fsp3) is 0.600. The van der Waals surface area contributed by atoms with Gasteiger partial charge in [-0.15, -0.1) is 0 Å². The molecule has 1 unspecified atom stereocenters. The van der Waals surface area contributed by atoms with E-state index in [1.165, 1.54) is 6.33 Å². The Balaban J connectivity index is 2.24. The average Bonchev–Trinajstić information content (AvgIpc) is 2.29. The van der Waals surface area contributed by atoms with Gasteiger partial charge in [-0.2, -0.15) is 0 Å². The van der Waals surface area contributed by atoms with Gasteiger partial charge in [-0.1, -0.05) is 6.92 Å². The highest BCUT2D eigenvalue weighted by molar-refractivity contribution is 5.38. The van der Waals surface area contributed by atoms with Gasteiger partial charge in [-0.25, -0.2) is 4.98 Å². The molecule has 2 heterocycles. The Hall–Kier alpha value is -1.36. The molecule has 0 aromatic carbocycles. The summed E-state index contributed by atoms with van der Waals surface area (Å²) in [4.78, 5) is 20.1. The van der Waals surface area contributed by atoms with Gasteiger partial charge in [0.15, 0.2) is 0 Å². The van der Waals surface area contributed by atoms with Crippen molar-refractivity contribution in [3.8, 4) is 0 Å². The predicted octanol–water partition coefficient (Wildman–Crippen LogP) is -0.0419. The smallest absolute Gasteiger partial charge is 0.252 e. The number of nitrogens with one attached hydrogen (secondary N) is 2. The number of nitrogens with zero attached hydrogens (tertiary/aromatic N) is 2. The molecule has 1 fully saturated rings. The highest BCUT2D eigenvalue weighted by Crippen LogP contribution is 2.14. The van der Waals surface area contributed by atoms with E-state index in [1.807, 2.05) is 0 Å². The van der Waals surface area contributed by atoms with E-state index >= 15 is 0 Å². The highest BCUT2D eigenvalue weighted by Gasteiger charge is 2.21. The molecule has 1 aromatic rings. The number of piperazine rings is 1. The summed E-state index contributed by atoms with van der Waals surface area (Å²) in [6.07, 6.45) is 2.52. The van der Waals surface area contributed by atoms with Crippen molar-refractivity contribution in [2.45, 2.75) is 19.4 Å². The number of anilines is 1. The lowest BCUT2D eigenvalue weighted by Gasteiger charge is -2.36. The minimum Gasteiger partial charge on any atom is -0.351 e. The van der Waals surface area contributed by atoms with Crippen LogP contribution < -0.4 is 15.8 Å². The quantitative estimate of drug-likeness (QED) is 0.716. The first-order valence-corrected chi connectivity index (χ1v) is 5.33. The summed E-state index contributed by atoms with van der Waals surface area (Å²) >= 11 is 0. The summed E-state index contributed by atoms with van der Waals surface area (Å²) in [5.41, 5.74) is -0.0895. The molecule has 0 radical (unpaired) electrons. The molecule has 82 valence electrons. The molecule has 0 spiro atoms. The number of rotatable bonds is 2. The summed E-state index contributed by atoms with van der Waals surface area (Å²) in [7, 11) is 0. The van der Waals surface area contributed by atoms with Crippen molar-refractivity contribution in [2.75, 3.05) is 24.5 Å². The van der Waals surface area contributed by atoms with Gasteiger partial charge in [-0.05, 0) is 6.42 Å². The topological polar surface area (TPSA) is 61.0 Å². The molecular formula is C10H16N4O. The summed E-state index contributed by atoms with van der Waals surface area (Å²) in [5.74, 6) is 0.784. The predicted molar refractivity (Wildman–Crippen MR) is 59.2 cm³/mol. The second-order valence-corrected chi connectivity index (χ2v) is 3.73. The molecule has 2 N–H and O–H groups in total. The summed E-state index contributed by atoms with van der Waals surface area (Å²) in [6.45, 7) is 4.97. The zero-order chi connectivity index (χ0) is 10.7. The van der Waals surface area contributed by atoms with Gasteiger partial charge in [0.2, 0.25) is 0 Å². The first kappa shape index (κ1) is 10.2. The zero-order valence-corrected chi connectivity index (χ0v) is 8.86. The molecular weight excluding hydrogens is 192 g/mol. The number of aromatic amines is 1. The Kier molecular flexibility index (Phi) is 3.01. The average molecular weight is 208 g/mol. The highest BCUT2D eigenvalue weighted by atomic mass is 16.1. The fourth-order valence-corrected chi connectivity index (χ4v) is 1.94. The largest absolute Gasteiger partial charge is 0.351 e. The van der Waals surface area contributed by atoms with Crippen molar-refractivity contribution in [1.29, 1.82) is 0 Å². The van der Waals surface area contributed by atoms with E-state index in [1.54, 1.807) is 6.07 Å². The van der Waals surface area contributed by atoms with Gasteiger partial charge < -0.3 is 15.2 Å². The van der Waals surface area contributed by atoms with Crippen molar-refractivity contribution < 1.29 is 0 Å². The zero-order valence-electron chi connectivity index (χ0n) is 8.86. The lowest BCUT2D eigenvalue weighted by molar-refractivity contribution is 0.463. The molecule has 5 nitrogen and oxygen atoms in total. The third-order valence-corrected chi connectivity index (χ3v) is 2.78. The molecule has 2 rings (SSSR count). The van der Waals surface area contributed by atoms with Crippen molar-refractivity contribution in [1.82, 2.24) is 15.3 Å². The van der Waals surface area contributed by atoms with E-state index in [0.717, 1.165) is 31.9 Å².